The molecular weight excluding hydrogens is 248 g/mol. The van der Waals surface area contributed by atoms with Crippen molar-refractivity contribution in [2.24, 2.45) is 5.92 Å². The van der Waals surface area contributed by atoms with Gasteiger partial charge in [0, 0.05) is 0 Å². The van der Waals surface area contributed by atoms with E-state index in [1.807, 2.05) is 13.8 Å². The Kier molecular flexibility index (Phi) is 4.78. The summed E-state index contributed by atoms with van der Waals surface area (Å²) >= 11 is 3.17. The summed E-state index contributed by atoms with van der Waals surface area (Å²) in [6.45, 7) is 8.92. The standard InChI is InChI=1S/C10H17BrO3/c1-6(2)7(11)8(12)9(13)14-10(3,4)5/h6-7H,1-5H3. The number of Topliss-reactive ketones (excluding diaryl/α,β-unsaturated/α-hetero) is 1. The van der Waals surface area contributed by atoms with Crippen LogP contribution in [0.2, 0.25) is 0 Å². The van der Waals surface area contributed by atoms with Crippen LogP contribution in [-0.2, 0) is 14.3 Å². The summed E-state index contributed by atoms with van der Waals surface area (Å²) in [5.41, 5.74) is -0.615. The number of ketones is 1. The Bertz CT molecular complexity index is 228. The zero-order valence-electron chi connectivity index (χ0n) is 9.26. The molecule has 0 radical (unpaired) electrons. The number of carbonyl (C=O) groups is 2. The average Bonchev–Trinajstić information content (AvgIpc) is 1.98. The van der Waals surface area contributed by atoms with Gasteiger partial charge in [0.2, 0.25) is 0 Å². The Balaban J connectivity index is 4.35. The van der Waals surface area contributed by atoms with E-state index in [0.29, 0.717) is 0 Å². The monoisotopic (exact) mass is 264 g/mol. The third-order valence-corrected chi connectivity index (χ3v) is 2.91. The molecule has 4 heteroatoms. The van der Waals surface area contributed by atoms with Gasteiger partial charge in [-0.3, -0.25) is 4.79 Å². The number of alkyl halides is 1. The fourth-order valence-electron chi connectivity index (χ4n) is 0.744. The van der Waals surface area contributed by atoms with Crippen LogP contribution in [0.15, 0.2) is 0 Å². The van der Waals surface area contributed by atoms with Crippen molar-refractivity contribution in [2.75, 3.05) is 0 Å². The predicted molar refractivity (Wildman–Crippen MR) is 58.4 cm³/mol. The van der Waals surface area contributed by atoms with E-state index >= 15 is 0 Å². The van der Waals surface area contributed by atoms with Gasteiger partial charge in [-0.05, 0) is 26.7 Å². The molecule has 0 fully saturated rings. The smallest absolute Gasteiger partial charge is 0.376 e. The van der Waals surface area contributed by atoms with Crippen molar-refractivity contribution in [2.45, 2.75) is 45.0 Å². The fourth-order valence-corrected chi connectivity index (χ4v) is 0.931. The lowest BCUT2D eigenvalue weighted by atomic mass is 10.1. The molecule has 1 unspecified atom stereocenters. The predicted octanol–water partition coefficient (Wildman–Crippen LogP) is 2.32. The summed E-state index contributed by atoms with van der Waals surface area (Å²) in [6.07, 6.45) is 0. The quantitative estimate of drug-likeness (QED) is 0.447. The highest BCUT2D eigenvalue weighted by Crippen LogP contribution is 2.15. The van der Waals surface area contributed by atoms with Crippen molar-refractivity contribution in [1.29, 1.82) is 0 Å². The molecule has 1 atom stereocenters. The second kappa shape index (κ2) is 4.91. The van der Waals surface area contributed by atoms with E-state index in [4.69, 9.17) is 4.74 Å². The largest absolute Gasteiger partial charge is 0.454 e. The number of rotatable bonds is 3. The molecule has 0 aromatic carbocycles. The molecule has 0 aliphatic rings. The molecular formula is C10H17BrO3. The van der Waals surface area contributed by atoms with Crippen LogP contribution < -0.4 is 0 Å². The lowest BCUT2D eigenvalue weighted by Crippen LogP contribution is -2.34. The number of hydrogen-bond acceptors (Lipinski definition) is 3. The Morgan fingerprint density at radius 1 is 1.21 bits per heavy atom. The molecule has 0 bridgehead atoms. The van der Waals surface area contributed by atoms with Gasteiger partial charge in [-0.2, -0.15) is 0 Å². The summed E-state index contributed by atoms with van der Waals surface area (Å²) in [5.74, 6) is -1.21. The Morgan fingerprint density at radius 3 is 1.93 bits per heavy atom. The van der Waals surface area contributed by atoms with Gasteiger partial charge in [-0.1, -0.05) is 29.8 Å². The Hall–Kier alpha value is -0.380. The van der Waals surface area contributed by atoms with E-state index in [1.54, 1.807) is 20.8 Å². The highest BCUT2D eigenvalue weighted by Gasteiger charge is 2.29. The van der Waals surface area contributed by atoms with Gasteiger partial charge >= 0.3 is 5.97 Å². The van der Waals surface area contributed by atoms with Gasteiger partial charge in [0.15, 0.2) is 0 Å². The van der Waals surface area contributed by atoms with Crippen LogP contribution in [0.1, 0.15) is 34.6 Å². The molecule has 0 aromatic rings. The van der Waals surface area contributed by atoms with E-state index in [2.05, 4.69) is 15.9 Å². The first-order chi connectivity index (χ1) is 6.15. The number of halogens is 1. The Morgan fingerprint density at radius 2 is 1.64 bits per heavy atom. The van der Waals surface area contributed by atoms with Gasteiger partial charge in [0.05, 0.1) is 4.83 Å². The van der Waals surface area contributed by atoms with Gasteiger partial charge in [0.25, 0.3) is 5.78 Å². The number of esters is 1. The summed E-state index contributed by atoms with van der Waals surface area (Å²) in [6, 6.07) is 0. The maximum Gasteiger partial charge on any atom is 0.376 e. The highest BCUT2D eigenvalue weighted by atomic mass is 79.9. The molecule has 0 aromatic heterocycles. The van der Waals surface area contributed by atoms with Crippen molar-refractivity contribution in [3.63, 3.8) is 0 Å². The maximum absolute atomic E-state index is 11.4. The molecule has 3 nitrogen and oxygen atoms in total. The third-order valence-electron chi connectivity index (χ3n) is 1.44. The lowest BCUT2D eigenvalue weighted by Gasteiger charge is -2.20. The fraction of sp³-hybridized carbons (Fsp3) is 0.800. The van der Waals surface area contributed by atoms with Crippen LogP contribution in [0, 0.1) is 5.92 Å². The minimum atomic E-state index is -0.770. The highest BCUT2D eigenvalue weighted by molar-refractivity contribution is 9.10. The molecule has 0 saturated heterocycles. The van der Waals surface area contributed by atoms with Gasteiger partial charge in [-0.25, -0.2) is 4.79 Å². The van der Waals surface area contributed by atoms with E-state index in [-0.39, 0.29) is 5.92 Å². The zero-order valence-corrected chi connectivity index (χ0v) is 10.8. The number of hydrogen-bond donors (Lipinski definition) is 0. The van der Waals surface area contributed by atoms with Crippen molar-refractivity contribution >= 4 is 27.7 Å². The van der Waals surface area contributed by atoms with Crippen LogP contribution in [0.25, 0.3) is 0 Å². The number of carbonyl (C=O) groups excluding carboxylic acids is 2. The zero-order chi connectivity index (χ0) is 11.5. The minimum absolute atomic E-state index is 0.0787. The lowest BCUT2D eigenvalue weighted by molar-refractivity contribution is -0.162. The van der Waals surface area contributed by atoms with Gasteiger partial charge in [-0.15, -0.1) is 0 Å². The maximum atomic E-state index is 11.4. The van der Waals surface area contributed by atoms with Crippen molar-refractivity contribution in [1.82, 2.24) is 0 Å². The van der Waals surface area contributed by atoms with Crippen molar-refractivity contribution < 1.29 is 14.3 Å². The summed E-state index contributed by atoms with van der Waals surface area (Å²) in [7, 11) is 0. The van der Waals surface area contributed by atoms with Crippen LogP contribution in [0.3, 0.4) is 0 Å². The molecule has 0 saturated carbocycles. The van der Waals surface area contributed by atoms with E-state index in [1.165, 1.54) is 0 Å². The summed E-state index contributed by atoms with van der Waals surface area (Å²) < 4.78 is 4.95. The molecule has 0 spiro atoms. The molecule has 14 heavy (non-hydrogen) atoms. The average molecular weight is 265 g/mol. The molecule has 0 aliphatic heterocycles. The van der Waals surface area contributed by atoms with E-state index < -0.39 is 22.2 Å². The van der Waals surface area contributed by atoms with Gasteiger partial charge < -0.3 is 4.74 Å². The molecule has 82 valence electrons. The minimum Gasteiger partial charge on any atom is -0.454 e. The first-order valence-corrected chi connectivity index (χ1v) is 5.48. The first-order valence-electron chi connectivity index (χ1n) is 4.56. The second-order valence-corrected chi connectivity index (χ2v) is 5.50. The van der Waals surface area contributed by atoms with Crippen molar-refractivity contribution in [3.8, 4) is 0 Å². The third kappa shape index (κ3) is 4.74. The first kappa shape index (κ1) is 13.6. The molecule has 0 rings (SSSR count). The van der Waals surface area contributed by atoms with E-state index in [0.717, 1.165) is 0 Å². The van der Waals surface area contributed by atoms with Crippen molar-refractivity contribution in [3.05, 3.63) is 0 Å². The van der Waals surface area contributed by atoms with Crippen LogP contribution in [0.5, 0.6) is 0 Å². The SMILES string of the molecule is CC(C)C(Br)C(=O)C(=O)OC(C)(C)C. The van der Waals surface area contributed by atoms with Crippen LogP contribution >= 0.6 is 15.9 Å². The normalized spacial score (nSPS) is 13.9. The summed E-state index contributed by atoms with van der Waals surface area (Å²) in [4.78, 5) is 22.3. The molecule has 0 N–H and O–H groups in total. The molecule has 0 aliphatic carbocycles. The van der Waals surface area contributed by atoms with Gasteiger partial charge in [0.1, 0.15) is 5.60 Å². The van der Waals surface area contributed by atoms with E-state index in [9.17, 15) is 9.59 Å². The van der Waals surface area contributed by atoms with Crippen LogP contribution in [-0.4, -0.2) is 22.2 Å². The Labute approximate surface area is 93.3 Å². The number of ether oxygens (including phenoxy) is 1. The topological polar surface area (TPSA) is 43.4 Å². The molecule has 0 heterocycles. The van der Waals surface area contributed by atoms with Crippen LogP contribution in [0.4, 0.5) is 0 Å². The molecule has 0 amide bonds. The summed E-state index contributed by atoms with van der Waals surface area (Å²) in [5, 5.41) is 0. The second-order valence-electron chi connectivity index (χ2n) is 4.51.